The van der Waals surface area contributed by atoms with Gasteiger partial charge in [0, 0.05) is 25.4 Å². The van der Waals surface area contributed by atoms with Gasteiger partial charge in [-0.3, -0.25) is 9.78 Å². The highest BCUT2D eigenvalue weighted by Gasteiger charge is 2.26. The lowest BCUT2D eigenvalue weighted by atomic mass is 10.2. The molecule has 6 heteroatoms. The maximum Gasteiger partial charge on any atom is 0.276 e. The third kappa shape index (κ3) is 2.95. The summed E-state index contributed by atoms with van der Waals surface area (Å²) >= 11 is 0. The first-order valence-corrected chi connectivity index (χ1v) is 7.01. The largest absolute Gasteiger partial charge is 0.442 e. The number of hydrogen-bond donors (Lipinski definition) is 0. The number of amides is 1. The minimum absolute atomic E-state index is 0.126. The summed E-state index contributed by atoms with van der Waals surface area (Å²) in [4.78, 5) is 22.7. The quantitative estimate of drug-likeness (QED) is 0.845. The fraction of sp³-hybridized carbons (Fsp3) is 0.400. The first-order chi connectivity index (χ1) is 10.3. The monoisotopic (exact) mass is 287 g/mol. The average molecular weight is 287 g/mol. The SMILES string of the molecule is CC1CCOCCN1C(=O)c1coc(-c2ccccn2)n1. The molecule has 2 aromatic heterocycles. The van der Waals surface area contributed by atoms with Crippen molar-refractivity contribution in [3.05, 3.63) is 36.4 Å². The number of carbonyl (C=O) groups is 1. The molecule has 0 bridgehead atoms. The standard InChI is InChI=1S/C15H17N3O3/c1-11-5-8-20-9-7-18(11)15(19)13-10-21-14(17-13)12-4-2-3-6-16-12/h2-4,6,10-11H,5,7-9H2,1H3. The molecule has 110 valence electrons. The topological polar surface area (TPSA) is 68.5 Å². The molecule has 1 unspecified atom stereocenters. The predicted octanol–water partition coefficient (Wildman–Crippen LogP) is 1.99. The fourth-order valence-electron chi connectivity index (χ4n) is 2.32. The summed E-state index contributed by atoms with van der Waals surface area (Å²) in [5, 5.41) is 0. The lowest BCUT2D eigenvalue weighted by Crippen LogP contribution is -2.39. The van der Waals surface area contributed by atoms with E-state index in [1.807, 2.05) is 19.1 Å². The number of ether oxygens (including phenoxy) is 1. The van der Waals surface area contributed by atoms with Gasteiger partial charge in [-0.25, -0.2) is 4.98 Å². The molecule has 0 aliphatic carbocycles. The molecule has 1 aliphatic rings. The van der Waals surface area contributed by atoms with Gasteiger partial charge in [-0.05, 0) is 25.5 Å². The summed E-state index contributed by atoms with van der Waals surface area (Å²) in [5.74, 6) is 0.233. The lowest BCUT2D eigenvalue weighted by Gasteiger charge is -2.25. The van der Waals surface area contributed by atoms with E-state index in [0.717, 1.165) is 6.42 Å². The molecular formula is C15H17N3O3. The van der Waals surface area contributed by atoms with Gasteiger partial charge in [-0.1, -0.05) is 6.07 Å². The highest BCUT2D eigenvalue weighted by Crippen LogP contribution is 2.18. The second kappa shape index (κ2) is 6.05. The highest BCUT2D eigenvalue weighted by molar-refractivity contribution is 5.92. The van der Waals surface area contributed by atoms with Gasteiger partial charge in [0.25, 0.3) is 5.91 Å². The second-order valence-electron chi connectivity index (χ2n) is 5.00. The summed E-state index contributed by atoms with van der Waals surface area (Å²) in [6.07, 6.45) is 3.89. The Morgan fingerprint density at radius 3 is 3.10 bits per heavy atom. The summed E-state index contributed by atoms with van der Waals surface area (Å²) in [5.41, 5.74) is 0.924. The molecule has 2 aromatic rings. The van der Waals surface area contributed by atoms with E-state index in [-0.39, 0.29) is 11.9 Å². The van der Waals surface area contributed by atoms with Crippen molar-refractivity contribution in [3.63, 3.8) is 0 Å². The number of pyridine rings is 1. The molecule has 3 rings (SSSR count). The van der Waals surface area contributed by atoms with Gasteiger partial charge in [0.15, 0.2) is 5.69 Å². The van der Waals surface area contributed by atoms with Crippen LogP contribution in [0.25, 0.3) is 11.6 Å². The van der Waals surface area contributed by atoms with Gasteiger partial charge in [0.2, 0.25) is 5.89 Å². The van der Waals surface area contributed by atoms with Gasteiger partial charge in [0.1, 0.15) is 12.0 Å². The molecule has 1 atom stereocenters. The van der Waals surface area contributed by atoms with E-state index in [1.54, 1.807) is 17.2 Å². The van der Waals surface area contributed by atoms with Crippen LogP contribution in [0.1, 0.15) is 23.8 Å². The Labute approximate surface area is 122 Å². The number of nitrogens with zero attached hydrogens (tertiary/aromatic N) is 3. The van der Waals surface area contributed by atoms with E-state index < -0.39 is 0 Å². The Morgan fingerprint density at radius 2 is 2.29 bits per heavy atom. The van der Waals surface area contributed by atoms with Gasteiger partial charge < -0.3 is 14.1 Å². The number of rotatable bonds is 2. The van der Waals surface area contributed by atoms with Crippen molar-refractivity contribution in [2.75, 3.05) is 19.8 Å². The molecule has 0 radical (unpaired) electrons. The molecule has 3 heterocycles. The van der Waals surface area contributed by atoms with Gasteiger partial charge >= 0.3 is 0 Å². The van der Waals surface area contributed by atoms with Crippen molar-refractivity contribution in [1.82, 2.24) is 14.9 Å². The van der Waals surface area contributed by atoms with Crippen LogP contribution in [0.5, 0.6) is 0 Å². The van der Waals surface area contributed by atoms with Gasteiger partial charge in [-0.15, -0.1) is 0 Å². The summed E-state index contributed by atoms with van der Waals surface area (Å²) < 4.78 is 10.8. The van der Waals surface area contributed by atoms with Gasteiger partial charge in [-0.2, -0.15) is 0 Å². The Hall–Kier alpha value is -2.21. The van der Waals surface area contributed by atoms with Crippen molar-refractivity contribution >= 4 is 5.91 Å². The van der Waals surface area contributed by atoms with E-state index in [1.165, 1.54) is 6.26 Å². The van der Waals surface area contributed by atoms with Crippen molar-refractivity contribution in [2.24, 2.45) is 0 Å². The average Bonchev–Trinajstić information content (AvgIpc) is 2.91. The molecule has 6 nitrogen and oxygen atoms in total. The Bertz CT molecular complexity index is 612. The predicted molar refractivity (Wildman–Crippen MR) is 75.7 cm³/mol. The first-order valence-electron chi connectivity index (χ1n) is 7.01. The third-order valence-electron chi connectivity index (χ3n) is 3.56. The number of oxazole rings is 1. The number of carbonyl (C=O) groups excluding carboxylic acids is 1. The van der Waals surface area contributed by atoms with Crippen LogP contribution >= 0.6 is 0 Å². The zero-order valence-corrected chi connectivity index (χ0v) is 11.9. The molecule has 0 N–H and O–H groups in total. The van der Waals surface area contributed by atoms with E-state index in [0.29, 0.717) is 37.0 Å². The Balaban J connectivity index is 1.80. The lowest BCUT2D eigenvalue weighted by molar-refractivity contribution is 0.0681. The van der Waals surface area contributed by atoms with Crippen LogP contribution < -0.4 is 0 Å². The van der Waals surface area contributed by atoms with Gasteiger partial charge in [0.05, 0.1) is 6.61 Å². The normalized spacial score (nSPS) is 19.3. The van der Waals surface area contributed by atoms with E-state index in [4.69, 9.17) is 9.15 Å². The molecule has 0 spiro atoms. The summed E-state index contributed by atoms with van der Waals surface area (Å²) in [7, 11) is 0. The number of hydrogen-bond acceptors (Lipinski definition) is 5. The van der Waals surface area contributed by atoms with Crippen LogP contribution in [0.3, 0.4) is 0 Å². The Morgan fingerprint density at radius 1 is 1.38 bits per heavy atom. The molecule has 1 fully saturated rings. The van der Waals surface area contributed by atoms with Crippen LogP contribution in [0.2, 0.25) is 0 Å². The number of aromatic nitrogens is 2. The summed E-state index contributed by atoms with van der Waals surface area (Å²) in [6.45, 7) is 3.84. The smallest absolute Gasteiger partial charge is 0.276 e. The molecular weight excluding hydrogens is 270 g/mol. The molecule has 0 saturated carbocycles. The molecule has 1 amide bonds. The van der Waals surface area contributed by atoms with Crippen LogP contribution in [-0.4, -0.2) is 46.6 Å². The Kier molecular flexibility index (Phi) is 3.96. The second-order valence-corrected chi connectivity index (χ2v) is 5.00. The molecule has 0 aromatic carbocycles. The van der Waals surface area contributed by atoms with Crippen LogP contribution in [-0.2, 0) is 4.74 Å². The highest BCUT2D eigenvalue weighted by atomic mass is 16.5. The van der Waals surface area contributed by atoms with E-state index in [2.05, 4.69) is 9.97 Å². The van der Waals surface area contributed by atoms with Crippen molar-refractivity contribution in [3.8, 4) is 11.6 Å². The molecule has 21 heavy (non-hydrogen) atoms. The minimum atomic E-state index is -0.126. The maximum atomic E-state index is 12.5. The van der Waals surface area contributed by atoms with Crippen molar-refractivity contribution in [2.45, 2.75) is 19.4 Å². The zero-order chi connectivity index (χ0) is 14.7. The van der Waals surface area contributed by atoms with E-state index in [9.17, 15) is 4.79 Å². The van der Waals surface area contributed by atoms with E-state index >= 15 is 0 Å². The first kappa shape index (κ1) is 13.8. The van der Waals surface area contributed by atoms with Crippen LogP contribution in [0, 0.1) is 0 Å². The molecule has 1 saturated heterocycles. The van der Waals surface area contributed by atoms with Crippen LogP contribution in [0.4, 0.5) is 0 Å². The van der Waals surface area contributed by atoms with Crippen molar-refractivity contribution < 1.29 is 13.9 Å². The zero-order valence-electron chi connectivity index (χ0n) is 11.9. The molecule has 1 aliphatic heterocycles. The minimum Gasteiger partial charge on any atom is -0.442 e. The fourth-order valence-corrected chi connectivity index (χ4v) is 2.32. The maximum absolute atomic E-state index is 12.5. The third-order valence-corrected chi connectivity index (χ3v) is 3.56. The van der Waals surface area contributed by atoms with Crippen molar-refractivity contribution in [1.29, 1.82) is 0 Å². The van der Waals surface area contributed by atoms with Crippen LogP contribution in [0.15, 0.2) is 35.1 Å². The summed E-state index contributed by atoms with van der Waals surface area (Å²) in [6, 6.07) is 5.59.